The Kier molecular flexibility index (Phi) is 3.74. The second kappa shape index (κ2) is 5.27. The number of hydrogen-bond donors (Lipinski definition) is 2. The lowest BCUT2D eigenvalue weighted by Crippen LogP contribution is -2.30. The molecule has 2 rings (SSSR count). The topological polar surface area (TPSA) is 41.1 Å². The highest BCUT2D eigenvalue weighted by Gasteiger charge is 2.15. The van der Waals surface area contributed by atoms with Crippen LogP contribution in [0.5, 0.6) is 0 Å². The van der Waals surface area contributed by atoms with E-state index >= 15 is 0 Å². The Morgan fingerprint density at radius 1 is 1.53 bits per heavy atom. The zero-order valence-electron chi connectivity index (χ0n) is 9.92. The molecule has 1 amide bonds. The molecule has 0 aromatic heterocycles. The normalized spacial score (nSPS) is 19.3. The van der Waals surface area contributed by atoms with Crippen LogP contribution in [0.25, 0.3) is 0 Å². The lowest BCUT2D eigenvalue weighted by atomic mass is 10.1. The second-order valence-electron chi connectivity index (χ2n) is 4.59. The highest BCUT2D eigenvalue weighted by Crippen LogP contribution is 2.09. The fourth-order valence-electron chi connectivity index (χ4n) is 2.10. The number of amides is 1. The van der Waals surface area contributed by atoms with Crippen LogP contribution in [0, 0.1) is 18.7 Å². The van der Waals surface area contributed by atoms with Gasteiger partial charge in [-0.05, 0) is 56.1 Å². The average Bonchev–Trinajstić information content (AvgIpc) is 2.77. The van der Waals surface area contributed by atoms with Crippen molar-refractivity contribution in [3.05, 3.63) is 35.1 Å². The first-order chi connectivity index (χ1) is 8.15. The number of benzene rings is 1. The summed E-state index contributed by atoms with van der Waals surface area (Å²) in [5.74, 6) is -0.0641. The van der Waals surface area contributed by atoms with E-state index in [0.717, 1.165) is 25.1 Å². The third kappa shape index (κ3) is 3.27. The molecule has 0 aliphatic carbocycles. The Bertz CT molecular complexity index is 394. The number of carbonyl (C=O) groups excluding carboxylic acids is 1. The summed E-state index contributed by atoms with van der Waals surface area (Å²) < 4.78 is 13.1. The molecule has 1 saturated heterocycles. The van der Waals surface area contributed by atoms with Gasteiger partial charge in [-0.25, -0.2) is 4.39 Å². The first-order valence-electron chi connectivity index (χ1n) is 5.91. The van der Waals surface area contributed by atoms with Crippen LogP contribution in [0.15, 0.2) is 18.2 Å². The summed E-state index contributed by atoms with van der Waals surface area (Å²) in [6, 6.07) is 4.39. The van der Waals surface area contributed by atoms with Gasteiger partial charge in [-0.2, -0.15) is 0 Å². The lowest BCUT2D eigenvalue weighted by molar-refractivity contribution is 0.0947. The third-order valence-corrected chi connectivity index (χ3v) is 3.02. The molecule has 1 heterocycles. The number of carbonyl (C=O) groups is 1. The van der Waals surface area contributed by atoms with Crippen LogP contribution in [0.4, 0.5) is 4.39 Å². The summed E-state index contributed by atoms with van der Waals surface area (Å²) in [6.07, 6.45) is 1.09. The molecule has 1 aliphatic rings. The summed E-state index contributed by atoms with van der Waals surface area (Å²) in [5, 5.41) is 6.09. The lowest BCUT2D eigenvalue weighted by Gasteiger charge is -2.10. The number of hydrogen-bond acceptors (Lipinski definition) is 2. The van der Waals surface area contributed by atoms with Gasteiger partial charge in [0, 0.05) is 12.1 Å². The Hall–Kier alpha value is -1.42. The Morgan fingerprint density at radius 3 is 3.00 bits per heavy atom. The van der Waals surface area contributed by atoms with E-state index in [-0.39, 0.29) is 11.7 Å². The van der Waals surface area contributed by atoms with Crippen LogP contribution in [0.1, 0.15) is 22.3 Å². The van der Waals surface area contributed by atoms with Crippen LogP contribution in [0.3, 0.4) is 0 Å². The molecule has 1 aliphatic heterocycles. The Morgan fingerprint density at radius 2 is 2.35 bits per heavy atom. The van der Waals surface area contributed by atoms with Gasteiger partial charge in [0.05, 0.1) is 0 Å². The number of nitrogens with one attached hydrogen (secondary N) is 2. The van der Waals surface area contributed by atoms with Crippen LogP contribution < -0.4 is 10.6 Å². The SMILES string of the molecule is Cc1cc(F)cc(C(=O)NCC2CCNC2)c1. The number of halogens is 1. The zero-order chi connectivity index (χ0) is 12.3. The van der Waals surface area contributed by atoms with Gasteiger partial charge in [0.1, 0.15) is 5.82 Å². The van der Waals surface area contributed by atoms with Crippen molar-refractivity contribution in [2.75, 3.05) is 19.6 Å². The van der Waals surface area contributed by atoms with Crippen molar-refractivity contribution in [1.29, 1.82) is 0 Å². The predicted molar refractivity (Wildman–Crippen MR) is 64.4 cm³/mol. The highest BCUT2D eigenvalue weighted by molar-refractivity contribution is 5.94. The summed E-state index contributed by atoms with van der Waals surface area (Å²) >= 11 is 0. The van der Waals surface area contributed by atoms with Crippen molar-refractivity contribution < 1.29 is 9.18 Å². The largest absolute Gasteiger partial charge is 0.352 e. The molecule has 92 valence electrons. The molecule has 0 bridgehead atoms. The molecular formula is C13H17FN2O. The summed E-state index contributed by atoms with van der Waals surface area (Å²) in [5.41, 5.74) is 1.16. The Labute approximate surface area is 100 Å². The van der Waals surface area contributed by atoms with Crippen molar-refractivity contribution >= 4 is 5.91 Å². The monoisotopic (exact) mass is 236 g/mol. The maximum absolute atomic E-state index is 13.1. The fraction of sp³-hybridized carbons (Fsp3) is 0.462. The molecule has 1 aromatic rings. The minimum absolute atomic E-state index is 0.195. The molecule has 1 fully saturated rings. The molecule has 0 saturated carbocycles. The predicted octanol–water partition coefficient (Wildman–Crippen LogP) is 1.47. The summed E-state index contributed by atoms with van der Waals surface area (Å²) in [4.78, 5) is 11.8. The van der Waals surface area contributed by atoms with Crippen LogP contribution in [-0.2, 0) is 0 Å². The zero-order valence-corrected chi connectivity index (χ0v) is 9.92. The minimum atomic E-state index is -0.363. The van der Waals surface area contributed by atoms with Crippen molar-refractivity contribution in [2.45, 2.75) is 13.3 Å². The third-order valence-electron chi connectivity index (χ3n) is 3.02. The van der Waals surface area contributed by atoms with E-state index in [1.165, 1.54) is 12.1 Å². The first kappa shape index (κ1) is 12.0. The van der Waals surface area contributed by atoms with E-state index < -0.39 is 0 Å². The van der Waals surface area contributed by atoms with Gasteiger partial charge in [0.25, 0.3) is 5.91 Å². The summed E-state index contributed by atoms with van der Waals surface area (Å²) in [6.45, 7) is 4.39. The van der Waals surface area contributed by atoms with Crippen LogP contribution in [-0.4, -0.2) is 25.5 Å². The van der Waals surface area contributed by atoms with Crippen molar-refractivity contribution in [2.24, 2.45) is 5.92 Å². The van der Waals surface area contributed by atoms with Gasteiger partial charge in [0.2, 0.25) is 0 Å². The van der Waals surface area contributed by atoms with E-state index in [0.29, 0.717) is 18.0 Å². The number of aryl methyl sites for hydroxylation is 1. The van der Waals surface area contributed by atoms with E-state index in [1.54, 1.807) is 13.0 Å². The van der Waals surface area contributed by atoms with E-state index in [9.17, 15) is 9.18 Å². The van der Waals surface area contributed by atoms with E-state index in [4.69, 9.17) is 0 Å². The highest BCUT2D eigenvalue weighted by atomic mass is 19.1. The molecule has 1 unspecified atom stereocenters. The molecule has 0 spiro atoms. The molecule has 3 nitrogen and oxygen atoms in total. The van der Waals surface area contributed by atoms with Gasteiger partial charge < -0.3 is 10.6 Å². The average molecular weight is 236 g/mol. The van der Waals surface area contributed by atoms with Gasteiger partial charge in [0.15, 0.2) is 0 Å². The molecule has 4 heteroatoms. The van der Waals surface area contributed by atoms with Gasteiger partial charge in [-0.15, -0.1) is 0 Å². The summed E-state index contributed by atoms with van der Waals surface area (Å²) in [7, 11) is 0. The first-order valence-corrected chi connectivity index (χ1v) is 5.91. The van der Waals surface area contributed by atoms with Crippen molar-refractivity contribution in [3.8, 4) is 0 Å². The molecule has 1 aromatic carbocycles. The molecule has 1 atom stereocenters. The molecular weight excluding hydrogens is 219 g/mol. The van der Waals surface area contributed by atoms with Gasteiger partial charge in [-0.3, -0.25) is 4.79 Å². The maximum atomic E-state index is 13.1. The Balaban J connectivity index is 1.94. The minimum Gasteiger partial charge on any atom is -0.352 e. The van der Waals surface area contributed by atoms with Crippen LogP contribution >= 0.6 is 0 Å². The number of rotatable bonds is 3. The van der Waals surface area contributed by atoms with E-state index in [1.807, 2.05) is 0 Å². The van der Waals surface area contributed by atoms with E-state index in [2.05, 4.69) is 10.6 Å². The van der Waals surface area contributed by atoms with Gasteiger partial charge in [-0.1, -0.05) is 0 Å². The molecule has 17 heavy (non-hydrogen) atoms. The van der Waals surface area contributed by atoms with Gasteiger partial charge >= 0.3 is 0 Å². The quantitative estimate of drug-likeness (QED) is 0.834. The van der Waals surface area contributed by atoms with Crippen LogP contribution in [0.2, 0.25) is 0 Å². The fourth-order valence-corrected chi connectivity index (χ4v) is 2.10. The maximum Gasteiger partial charge on any atom is 0.251 e. The van der Waals surface area contributed by atoms with Crippen molar-refractivity contribution in [1.82, 2.24) is 10.6 Å². The molecule has 0 radical (unpaired) electrons. The molecule has 2 N–H and O–H groups in total. The second-order valence-corrected chi connectivity index (χ2v) is 4.59. The smallest absolute Gasteiger partial charge is 0.251 e. The standard InChI is InChI=1S/C13H17FN2O/c1-9-4-11(6-12(14)5-9)13(17)16-8-10-2-3-15-7-10/h4-6,10,15H,2-3,7-8H2,1H3,(H,16,17). The van der Waals surface area contributed by atoms with Crippen molar-refractivity contribution in [3.63, 3.8) is 0 Å².